The maximum Gasteiger partial charge on any atom is 0.230 e. The van der Waals surface area contributed by atoms with E-state index in [9.17, 15) is 4.79 Å². The number of hydrogen-bond acceptors (Lipinski definition) is 3. The fourth-order valence-electron chi connectivity index (χ4n) is 2.02. The molecule has 0 atom stereocenters. The Bertz CT molecular complexity index is 534. The van der Waals surface area contributed by atoms with Gasteiger partial charge in [0.15, 0.2) is 0 Å². The lowest BCUT2D eigenvalue weighted by Gasteiger charge is -2.24. The van der Waals surface area contributed by atoms with Crippen molar-refractivity contribution in [2.75, 3.05) is 6.54 Å². The third-order valence-corrected chi connectivity index (χ3v) is 3.40. The zero-order valence-corrected chi connectivity index (χ0v) is 11.9. The Hall–Kier alpha value is -2.17. The van der Waals surface area contributed by atoms with Crippen LogP contribution in [0.2, 0.25) is 0 Å². The summed E-state index contributed by atoms with van der Waals surface area (Å²) in [7, 11) is 0. The second-order valence-electron chi connectivity index (χ2n) is 5.28. The molecule has 0 unspecified atom stereocenters. The average molecular weight is 272 g/mol. The molecule has 0 aliphatic carbocycles. The first-order chi connectivity index (χ1) is 9.60. The van der Waals surface area contributed by atoms with E-state index in [1.54, 1.807) is 0 Å². The maximum absolute atomic E-state index is 12.3. The number of H-pyrrole nitrogens is 1. The van der Waals surface area contributed by atoms with E-state index in [0.717, 1.165) is 24.2 Å². The Morgan fingerprint density at radius 2 is 2.05 bits per heavy atom. The number of amides is 1. The fraction of sp³-hybridized carbons (Fsp3) is 0.400. The van der Waals surface area contributed by atoms with Crippen molar-refractivity contribution in [2.45, 2.75) is 32.1 Å². The Morgan fingerprint density at radius 3 is 2.70 bits per heavy atom. The summed E-state index contributed by atoms with van der Waals surface area (Å²) in [4.78, 5) is 16.3. The van der Waals surface area contributed by atoms with Gasteiger partial charge in [0, 0.05) is 13.0 Å². The quantitative estimate of drug-likeness (QED) is 0.788. The molecule has 0 aliphatic rings. The van der Waals surface area contributed by atoms with E-state index in [4.69, 9.17) is 0 Å². The molecular weight excluding hydrogens is 252 g/mol. The van der Waals surface area contributed by atoms with Gasteiger partial charge in [0.1, 0.15) is 12.2 Å². The van der Waals surface area contributed by atoms with Crippen LogP contribution in [0.15, 0.2) is 36.7 Å². The zero-order valence-electron chi connectivity index (χ0n) is 11.9. The SMILES string of the molecule is CC(C)(C(=O)NCCCc1ncn[nH]1)c1ccccc1. The minimum atomic E-state index is -0.520. The highest BCUT2D eigenvalue weighted by Crippen LogP contribution is 2.22. The third-order valence-electron chi connectivity index (χ3n) is 3.40. The van der Waals surface area contributed by atoms with E-state index in [1.807, 2.05) is 44.2 Å². The molecule has 0 spiro atoms. The normalized spacial score (nSPS) is 11.3. The van der Waals surface area contributed by atoms with E-state index in [0.29, 0.717) is 6.54 Å². The number of benzene rings is 1. The van der Waals surface area contributed by atoms with Crippen LogP contribution in [-0.2, 0) is 16.6 Å². The van der Waals surface area contributed by atoms with Crippen molar-refractivity contribution in [3.63, 3.8) is 0 Å². The molecule has 1 amide bonds. The first-order valence-electron chi connectivity index (χ1n) is 6.79. The number of carbonyl (C=O) groups excluding carboxylic acids is 1. The number of carbonyl (C=O) groups is 1. The second-order valence-corrected chi connectivity index (χ2v) is 5.28. The molecule has 0 aliphatic heterocycles. The van der Waals surface area contributed by atoms with Gasteiger partial charge in [-0.2, -0.15) is 5.10 Å². The largest absolute Gasteiger partial charge is 0.355 e. The van der Waals surface area contributed by atoms with Gasteiger partial charge in [0.25, 0.3) is 0 Å². The maximum atomic E-state index is 12.3. The number of nitrogens with zero attached hydrogens (tertiary/aromatic N) is 2. The minimum Gasteiger partial charge on any atom is -0.355 e. The summed E-state index contributed by atoms with van der Waals surface area (Å²) in [5.74, 6) is 0.892. The van der Waals surface area contributed by atoms with E-state index in [1.165, 1.54) is 6.33 Å². The van der Waals surface area contributed by atoms with Gasteiger partial charge in [-0.15, -0.1) is 0 Å². The van der Waals surface area contributed by atoms with Crippen molar-refractivity contribution in [1.29, 1.82) is 0 Å². The van der Waals surface area contributed by atoms with Crippen LogP contribution in [0.5, 0.6) is 0 Å². The molecule has 5 nitrogen and oxygen atoms in total. The highest BCUT2D eigenvalue weighted by Gasteiger charge is 2.28. The van der Waals surface area contributed by atoms with E-state index < -0.39 is 5.41 Å². The van der Waals surface area contributed by atoms with Gasteiger partial charge in [-0.25, -0.2) is 4.98 Å². The number of rotatable bonds is 6. The molecule has 2 N–H and O–H groups in total. The van der Waals surface area contributed by atoms with Crippen LogP contribution in [0.1, 0.15) is 31.7 Å². The van der Waals surface area contributed by atoms with E-state index >= 15 is 0 Å². The molecule has 0 radical (unpaired) electrons. The summed E-state index contributed by atoms with van der Waals surface area (Å²) in [6.45, 7) is 4.51. The van der Waals surface area contributed by atoms with Crippen LogP contribution < -0.4 is 5.32 Å². The molecule has 5 heteroatoms. The van der Waals surface area contributed by atoms with Gasteiger partial charge in [0.05, 0.1) is 5.41 Å². The Kier molecular flexibility index (Phi) is 4.50. The molecule has 1 aromatic heterocycles. The number of aromatic nitrogens is 3. The predicted molar refractivity (Wildman–Crippen MR) is 77.2 cm³/mol. The molecular formula is C15H20N4O. The van der Waals surface area contributed by atoms with Crippen LogP contribution >= 0.6 is 0 Å². The van der Waals surface area contributed by atoms with Gasteiger partial charge in [-0.05, 0) is 25.8 Å². The average Bonchev–Trinajstić information content (AvgIpc) is 2.97. The molecule has 1 heterocycles. The fourth-order valence-corrected chi connectivity index (χ4v) is 2.02. The van der Waals surface area contributed by atoms with Crippen LogP contribution in [-0.4, -0.2) is 27.6 Å². The molecule has 0 fully saturated rings. The number of nitrogens with one attached hydrogen (secondary N) is 2. The van der Waals surface area contributed by atoms with Crippen LogP contribution in [0.25, 0.3) is 0 Å². The number of aromatic amines is 1. The van der Waals surface area contributed by atoms with Gasteiger partial charge in [-0.1, -0.05) is 30.3 Å². The van der Waals surface area contributed by atoms with Crippen molar-refractivity contribution in [3.8, 4) is 0 Å². The Balaban J connectivity index is 1.82. The first kappa shape index (κ1) is 14.2. The topological polar surface area (TPSA) is 70.7 Å². The zero-order chi connectivity index (χ0) is 14.4. The highest BCUT2D eigenvalue weighted by molar-refractivity contribution is 5.87. The lowest BCUT2D eigenvalue weighted by Crippen LogP contribution is -2.40. The lowest BCUT2D eigenvalue weighted by molar-refractivity contribution is -0.125. The van der Waals surface area contributed by atoms with Crippen LogP contribution in [0.3, 0.4) is 0 Å². The van der Waals surface area contributed by atoms with Crippen molar-refractivity contribution < 1.29 is 4.79 Å². The third kappa shape index (κ3) is 3.44. The molecule has 0 saturated carbocycles. The Morgan fingerprint density at radius 1 is 1.30 bits per heavy atom. The summed E-state index contributed by atoms with van der Waals surface area (Å²) in [5.41, 5.74) is 0.501. The van der Waals surface area contributed by atoms with Gasteiger partial charge in [0.2, 0.25) is 5.91 Å². The minimum absolute atomic E-state index is 0.0428. The smallest absolute Gasteiger partial charge is 0.230 e. The summed E-state index contributed by atoms with van der Waals surface area (Å²) in [5, 5.41) is 9.58. The lowest BCUT2D eigenvalue weighted by atomic mass is 9.84. The molecule has 1 aromatic carbocycles. The van der Waals surface area contributed by atoms with Crippen LogP contribution in [0, 0.1) is 0 Å². The standard InChI is InChI=1S/C15H20N4O/c1-15(2,12-7-4-3-5-8-12)14(20)16-10-6-9-13-17-11-18-19-13/h3-5,7-8,11H,6,9-10H2,1-2H3,(H,16,20)(H,17,18,19). The monoisotopic (exact) mass is 272 g/mol. The first-order valence-corrected chi connectivity index (χ1v) is 6.79. The molecule has 2 rings (SSSR count). The second kappa shape index (κ2) is 6.32. The van der Waals surface area contributed by atoms with Gasteiger partial charge in [-0.3, -0.25) is 9.89 Å². The predicted octanol–water partition coefficient (Wildman–Crippen LogP) is 1.83. The summed E-state index contributed by atoms with van der Waals surface area (Å²) >= 11 is 0. The Labute approximate surface area is 118 Å². The molecule has 20 heavy (non-hydrogen) atoms. The number of aryl methyl sites for hydroxylation is 1. The summed E-state index contributed by atoms with van der Waals surface area (Å²) < 4.78 is 0. The number of hydrogen-bond donors (Lipinski definition) is 2. The highest BCUT2D eigenvalue weighted by atomic mass is 16.2. The van der Waals surface area contributed by atoms with Crippen LogP contribution in [0.4, 0.5) is 0 Å². The van der Waals surface area contributed by atoms with Crippen molar-refractivity contribution >= 4 is 5.91 Å². The summed E-state index contributed by atoms with van der Waals surface area (Å²) in [6.07, 6.45) is 3.12. The van der Waals surface area contributed by atoms with Gasteiger partial charge >= 0.3 is 0 Å². The van der Waals surface area contributed by atoms with E-state index in [-0.39, 0.29) is 5.91 Å². The van der Waals surface area contributed by atoms with E-state index in [2.05, 4.69) is 20.5 Å². The molecule has 106 valence electrons. The van der Waals surface area contributed by atoms with Crippen molar-refractivity contribution in [1.82, 2.24) is 20.5 Å². The molecule has 0 saturated heterocycles. The van der Waals surface area contributed by atoms with Crippen molar-refractivity contribution in [2.24, 2.45) is 0 Å². The summed E-state index contributed by atoms with van der Waals surface area (Å²) in [6, 6.07) is 9.82. The van der Waals surface area contributed by atoms with Gasteiger partial charge < -0.3 is 5.32 Å². The molecule has 0 bridgehead atoms. The molecule has 2 aromatic rings. The van der Waals surface area contributed by atoms with Crippen molar-refractivity contribution in [3.05, 3.63) is 48.0 Å².